The molecule has 0 bridgehead atoms. The summed E-state index contributed by atoms with van der Waals surface area (Å²) in [5.41, 5.74) is 1.66. The Balaban J connectivity index is 2.34. The molecule has 1 aromatic carbocycles. The summed E-state index contributed by atoms with van der Waals surface area (Å²) in [6.45, 7) is 2.41. The van der Waals surface area contributed by atoms with E-state index in [9.17, 15) is 8.42 Å². The highest BCUT2D eigenvalue weighted by molar-refractivity contribution is 7.99. The average Bonchev–Trinajstić information content (AvgIpc) is 2.85. The molecular formula is C13H19ClN2O2S2. The van der Waals surface area contributed by atoms with Crippen LogP contribution in [0.1, 0.15) is 17.5 Å². The van der Waals surface area contributed by atoms with Crippen LogP contribution >= 0.6 is 23.4 Å². The van der Waals surface area contributed by atoms with Crippen molar-refractivity contribution in [2.75, 3.05) is 18.6 Å². The van der Waals surface area contributed by atoms with E-state index in [4.69, 9.17) is 11.6 Å². The van der Waals surface area contributed by atoms with Crippen LogP contribution in [-0.4, -0.2) is 33.0 Å². The van der Waals surface area contributed by atoms with Crippen LogP contribution in [-0.2, 0) is 16.6 Å². The maximum Gasteiger partial charge on any atom is 0.241 e. The van der Waals surface area contributed by atoms with Crippen LogP contribution < -0.4 is 10.0 Å². The van der Waals surface area contributed by atoms with Crippen LogP contribution in [0.5, 0.6) is 0 Å². The van der Waals surface area contributed by atoms with Crippen molar-refractivity contribution in [1.82, 2.24) is 10.0 Å². The number of sulfonamides is 1. The molecule has 0 aromatic heterocycles. The van der Waals surface area contributed by atoms with Gasteiger partial charge in [-0.1, -0.05) is 11.6 Å². The molecular weight excluding hydrogens is 316 g/mol. The first-order valence-electron chi connectivity index (χ1n) is 6.47. The Bertz CT molecular complexity index is 584. The predicted octanol–water partition coefficient (Wildman–Crippen LogP) is 2.15. The van der Waals surface area contributed by atoms with E-state index in [2.05, 4.69) is 10.0 Å². The van der Waals surface area contributed by atoms with Gasteiger partial charge in [0.05, 0.1) is 4.90 Å². The first-order valence-corrected chi connectivity index (χ1v) is 9.49. The van der Waals surface area contributed by atoms with E-state index >= 15 is 0 Å². The van der Waals surface area contributed by atoms with Gasteiger partial charge in [0.25, 0.3) is 0 Å². The number of hydrogen-bond donors (Lipinski definition) is 2. The van der Waals surface area contributed by atoms with Crippen molar-refractivity contribution in [3.05, 3.63) is 28.3 Å². The van der Waals surface area contributed by atoms with Crippen LogP contribution in [0.3, 0.4) is 0 Å². The molecule has 1 aliphatic heterocycles. The van der Waals surface area contributed by atoms with Crippen molar-refractivity contribution < 1.29 is 8.42 Å². The van der Waals surface area contributed by atoms with Crippen molar-refractivity contribution in [2.45, 2.75) is 30.8 Å². The quantitative estimate of drug-likeness (QED) is 0.866. The second-order valence-electron chi connectivity index (χ2n) is 4.90. The highest BCUT2D eigenvalue weighted by Crippen LogP contribution is 2.26. The minimum Gasteiger partial charge on any atom is -0.316 e. The van der Waals surface area contributed by atoms with Gasteiger partial charge in [0.15, 0.2) is 0 Å². The fourth-order valence-corrected chi connectivity index (χ4v) is 5.42. The van der Waals surface area contributed by atoms with Crippen molar-refractivity contribution >= 4 is 33.4 Å². The SMILES string of the molecule is CNCc1cc(Cl)cc(S(=O)(=O)NC2CCSC2)c1C. The number of nitrogens with one attached hydrogen (secondary N) is 2. The molecule has 1 fully saturated rings. The maximum absolute atomic E-state index is 12.5. The summed E-state index contributed by atoms with van der Waals surface area (Å²) in [6.07, 6.45) is 0.882. The van der Waals surface area contributed by atoms with Crippen LogP contribution in [0.2, 0.25) is 5.02 Å². The Labute approximate surface area is 129 Å². The molecule has 1 aromatic rings. The minimum absolute atomic E-state index is 0.0242. The maximum atomic E-state index is 12.5. The van der Waals surface area contributed by atoms with Gasteiger partial charge < -0.3 is 5.32 Å². The Hall–Kier alpha value is -0.270. The lowest BCUT2D eigenvalue weighted by Gasteiger charge is -2.16. The molecule has 0 aliphatic carbocycles. The van der Waals surface area contributed by atoms with Gasteiger partial charge >= 0.3 is 0 Å². The molecule has 2 rings (SSSR count). The molecule has 20 heavy (non-hydrogen) atoms. The van der Waals surface area contributed by atoms with Gasteiger partial charge in [-0.3, -0.25) is 0 Å². The molecule has 1 unspecified atom stereocenters. The number of rotatable bonds is 5. The van der Waals surface area contributed by atoms with E-state index in [-0.39, 0.29) is 10.9 Å². The second kappa shape index (κ2) is 6.66. The lowest BCUT2D eigenvalue weighted by molar-refractivity contribution is 0.562. The van der Waals surface area contributed by atoms with Gasteiger partial charge in [-0.15, -0.1) is 0 Å². The van der Waals surface area contributed by atoms with E-state index in [1.165, 1.54) is 6.07 Å². The van der Waals surface area contributed by atoms with Gasteiger partial charge in [-0.25, -0.2) is 13.1 Å². The Morgan fingerprint density at radius 1 is 1.45 bits per heavy atom. The summed E-state index contributed by atoms with van der Waals surface area (Å²) in [6, 6.07) is 3.36. The molecule has 7 heteroatoms. The summed E-state index contributed by atoms with van der Waals surface area (Å²) >= 11 is 7.83. The molecule has 0 amide bonds. The minimum atomic E-state index is -3.51. The lowest BCUT2D eigenvalue weighted by Crippen LogP contribution is -2.35. The fourth-order valence-electron chi connectivity index (χ4n) is 2.27. The number of halogens is 1. The Kier molecular flexibility index (Phi) is 5.36. The zero-order valence-electron chi connectivity index (χ0n) is 11.6. The summed E-state index contributed by atoms with van der Waals surface area (Å²) in [7, 11) is -1.69. The average molecular weight is 335 g/mol. The lowest BCUT2D eigenvalue weighted by atomic mass is 10.1. The number of hydrogen-bond acceptors (Lipinski definition) is 4. The Morgan fingerprint density at radius 2 is 2.20 bits per heavy atom. The summed E-state index contributed by atoms with van der Waals surface area (Å²) in [5, 5.41) is 3.47. The highest BCUT2D eigenvalue weighted by atomic mass is 35.5. The Morgan fingerprint density at radius 3 is 2.80 bits per heavy atom. The number of benzene rings is 1. The largest absolute Gasteiger partial charge is 0.316 e. The predicted molar refractivity (Wildman–Crippen MR) is 85.0 cm³/mol. The van der Waals surface area contributed by atoms with Crippen LogP contribution in [0.4, 0.5) is 0 Å². The van der Waals surface area contributed by atoms with Crippen LogP contribution in [0.15, 0.2) is 17.0 Å². The van der Waals surface area contributed by atoms with Crippen LogP contribution in [0.25, 0.3) is 0 Å². The third-order valence-corrected chi connectivity index (χ3v) is 6.37. The first-order chi connectivity index (χ1) is 9.44. The molecule has 112 valence electrons. The van der Waals surface area contributed by atoms with Gasteiger partial charge in [-0.05, 0) is 49.4 Å². The van der Waals surface area contributed by atoms with E-state index in [0.717, 1.165) is 29.1 Å². The summed E-state index contributed by atoms with van der Waals surface area (Å²) in [4.78, 5) is 0.284. The molecule has 0 radical (unpaired) electrons. The molecule has 1 heterocycles. The molecule has 0 saturated carbocycles. The zero-order chi connectivity index (χ0) is 14.8. The molecule has 2 N–H and O–H groups in total. The highest BCUT2D eigenvalue weighted by Gasteiger charge is 2.25. The molecule has 1 atom stereocenters. The van der Waals surface area contributed by atoms with Gasteiger partial charge in [-0.2, -0.15) is 11.8 Å². The third kappa shape index (κ3) is 3.68. The van der Waals surface area contributed by atoms with E-state index in [1.54, 1.807) is 17.8 Å². The van der Waals surface area contributed by atoms with Crippen molar-refractivity contribution in [1.29, 1.82) is 0 Å². The fraction of sp³-hybridized carbons (Fsp3) is 0.538. The monoisotopic (exact) mass is 334 g/mol. The second-order valence-corrected chi connectivity index (χ2v) is 8.17. The van der Waals surface area contributed by atoms with E-state index in [0.29, 0.717) is 11.6 Å². The van der Waals surface area contributed by atoms with Gasteiger partial charge in [0, 0.05) is 23.4 Å². The number of thioether (sulfide) groups is 1. The third-order valence-electron chi connectivity index (χ3n) is 3.34. The van der Waals surface area contributed by atoms with Crippen molar-refractivity contribution in [3.63, 3.8) is 0 Å². The van der Waals surface area contributed by atoms with E-state index < -0.39 is 10.0 Å². The molecule has 0 spiro atoms. The van der Waals surface area contributed by atoms with Gasteiger partial charge in [0.1, 0.15) is 0 Å². The van der Waals surface area contributed by atoms with Crippen LogP contribution in [0, 0.1) is 6.92 Å². The smallest absolute Gasteiger partial charge is 0.241 e. The normalized spacial score (nSPS) is 19.4. The van der Waals surface area contributed by atoms with E-state index in [1.807, 2.05) is 14.0 Å². The molecule has 4 nitrogen and oxygen atoms in total. The standard InChI is InChI=1S/C13H19ClN2O2S2/c1-9-10(7-15-2)5-11(14)6-13(9)20(17,18)16-12-3-4-19-8-12/h5-6,12,15-16H,3-4,7-8H2,1-2H3. The first kappa shape index (κ1) is 16.1. The molecule has 1 aliphatic rings. The van der Waals surface area contributed by atoms with Gasteiger partial charge in [0.2, 0.25) is 10.0 Å². The van der Waals surface area contributed by atoms with Crippen molar-refractivity contribution in [3.8, 4) is 0 Å². The topological polar surface area (TPSA) is 58.2 Å². The zero-order valence-corrected chi connectivity index (χ0v) is 14.0. The summed E-state index contributed by atoms with van der Waals surface area (Å²) in [5.74, 6) is 1.84. The molecule has 1 saturated heterocycles. The van der Waals surface area contributed by atoms with Crippen molar-refractivity contribution in [2.24, 2.45) is 0 Å². The summed E-state index contributed by atoms with van der Waals surface area (Å²) < 4.78 is 27.8.